The van der Waals surface area contributed by atoms with Gasteiger partial charge in [0.25, 0.3) is 5.91 Å². The molecule has 174 valence electrons. The summed E-state index contributed by atoms with van der Waals surface area (Å²) in [7, 11) is 1.79. The predicted octanol–water partition coefficient (Wildman–Crippen LogP) is 5.15. The molecular formula is C28H28N2O4. The second-order valence-electron chi connectivity index (χ2n) is 9.03. The molecule has 1 aliphatic heterocycles. The van der Waals surface area contributed by atoms with Crippen molar-refractivity contribution in [3.8, 4) is 22.6 Å². The van der Waals surface area contributed by atoms with E-state index in [0.717, 1.165) is 46.5 Å². The summed E-state index contributed by atoms with van der Waals surface area (Å²) >= 11 is 0. The first-order valence-corrected chi connectivity index (χ1v) is 11.6. The number of hydrogen-bond acceptors (Lipinski definition) is 4. The zero-order valence-corrected chi connectivity index (χ0v) is 19.7. The van der Waals surface area contributed by atoms with E-state index in [2.05, 4.69) is 5.32 Å². The number of fused-ring (bicyclic) bond motifs is 1. The average molecular weight is 457 g/mol. The minimum atomic E-state index is -0.528. The lowest BCUT2D eigenvalue weighted by Gasteiger charge is -2.18. The van der Waals surface area contributed by atoms with Crippen LogP contribution < -0.4 is 14.8 Å². The number of nitrogens with one attached hydrogen (secondary N) is 1. The smallest absolute Gasteiger partial charge is 0.253 e. The normalized spacial score (nSPS) is 15.0. The Labute approximate surface area is 199 Å². The second-order valence-corrected chi connectivity index (χ2v) is 9.03. The van der Waals surface area contributed by atoms with Crippen molar-refractivity contribution in [2.45, 2.75) is 32.1 Å². The predicted molar refractivity (Wildman–Crippen MR) is 131 cm³/mol. The minimum Gasteiger partial charge on any atom is -0.454 e. The van der Waals surface area contributed by atoms with Gasteiger partial charge in [0.05, 0.1) is 5.41 Å². The lowest BCUT2D eigenvalue weighted by Crippen LogP contribution is -2.27. The number of carbonyl (C=O) groups excluding carboxylic acids is 2. The Bertz CT molecular complexity index is 1260. The van der Waals surface area contributed by atoms with Gasteiger partial charge in [0.2, 0.25) is 12.7 Å². The zero-order chi connectivity index (χ0) is 23.9. The highest BCUT2D eigenvalue weighted by molar-refractivity contribution is 6.02. The van der Waals surface area contributed by atoms with Crippen LogP contribution in [-0.2, 0) is 10.2 Å². The molecular weight excluding hydrogens is 428 g/mol. The molecule has 5 rings (SSSR count). The highest BCUT2D eigenvalue weighted by atomic mass is 16.7. The Hall–Kier alpha value is -3.80. The van der Waals surface area contributed by atoms with E-state index in [9.17, 15) is 9.59 Å². The van der Waals surface area contributed by atoms with E-state index in [1.165, 1.54) is 0 Å². The van der Waals surface area contributed by atoms with Crippen molar-refractivity contribution >= 4 is 17.5 Å². The van der Waals surface area contributed by atoms with Gasteiger partial charge in [0, 0.05) is 24.8 Å². The molecule has 0 radical (unpaired) electrons. The van der Waals surface area contributed by atoms with Gasteiger partial charge in [0.15, 0.2) is 11.5 Å². The Morgan fingerprint density at radius 2 is 1.71 bits per heavy atom. The molecule has 1 heterocycles. The molecule has 2 aliphatic rings. The number of anilines is 1. The number of nitrogens with zero attached hydrogens (tertiary/aromatic N) is 1. The van der Waals surface area contributed by atoms with Crippen LogP contribution in [0.2, 0.25) is 0 Å². The van der Waals surface area contributed by atoms with Gasteiger partial charge in [-0.2, -0.15) is 0 Å². The van der Waals surface area contributed by atoms with Crippen molar-refractivity contribution in [2.75, 3.05) is 25.7 Å². The van der Waals surface area contributed by atoms with Crippen LogP contribution in [0.1, 0.15) is 41.3 Å². The van der Waals surface area contributed by atoms with Crippen molar-refractivity contribution in [2.24, 2.45) is 0 Å². The third kappa shape index (κ3) is 3.89. The number of amides is 2. The summed E-state index contributed by atoms with van der Waals surface area (Å²) in [4.78, 5) is 27.4. The van der Waals surface area contributed by atoms with E-state index in [1.54, 1.807) is 11.9 Å². The maximum atomic E-state index is 13.3. The molecule has 1 fully saturated rings. The van der Waals surface area contributed by atoms with Crippen molar-refractivity contribution in [3.63, 3.8) is 0 Å². The van der Waals surface area contributed by atoms with E-state index in [0.29, 0.717) is 17.9 Å². The molecule has 6 heteroatoms. The molecule has 1 aliphatic carbocycles. The number of aryl methyl sites for hydroxylation is 1. The molecule has 0 unspecified atom stereocenters. The van der Waals surface area contributed by atoms with Crippen LogP contribution in [0.4, 0.5) is 5.69 Å². The van der Waals surface area contributed by atoms with Gasteiger partial charge in [-0.1, -0.05) is 24.3 Å². The monoisotopic (exact) mass is 456 g/mol. The van der Waals surface area contributed by atoms with Crippen LogP contribution in [0.3, 0.4) is 0 Å². The average Bonchev–Trinajstić information content (AvgIpc) is 3.55. The summed E-state index contributed by atoms with van der Waals surface area (Å²) in [6, 6.07) is 19.3. The molecule has 0 aromatic heterocycles. The van der Waals surface area contributed by atoms with Gasteiger partial charge in [0.1, 0.15) is 0 Å². The van der Waals surface area contributed by atoms with Gasteiger partial charge in [-0.15, -0.1) is 0 Å². The van der Waals surface area contributed by atoms with Gasteiger partial charge >= 0.3 is 0 Å². The van der Waals surface area contributed by atoms with Crippen LogP contribution >= 0.6 is 0 Å². The summed E-state index contributed by atoms with van der Waals surface area (Å²) in [6.45, 7) is 4.87. The van der Waals surface area contributed by atoms with Crippen LogP contribution in [0.15, 0.2) is 60.7 Å². The molecule has 2 amide bonds. The Morgan fingerprint density at radius 3 is 2.41 bits per heavy atom. The number of ether oxygens (including phenoxy) is 2. The molecule has 34 heavy (non-hydrogen) atoms. The fourth-order valence-electron chi connectivity index (χ4n) is 4.38. The molecule has 0 atom stereocenters. The number of hydrogen-bond donors (Lipinski definition) is 1. The summed E-state index contributed by atoms with van der Waals surface area (Å²) in [5.74, 6) is 1.41. The molecule has 0 bridgehead atoms. The zero-order valence-electron chi connectivity index (χ0n) is 19.7. The number of carbonyl (C=O) groups is 2. The fraction of sp³-hybridized carbons (Fsp3) is 0.286. The van der Waals surface area contributed by atoms with Crippen molar-refractivity contribution in [3.05, 3.63) is 77.4 Å². The van der Waals surface area contributed by atoms with Crippen molar-refractivity contribution in [1.82, 2.24) is 4.90 Å². The first-order valence-electron chi connectivity index (χ1n) is 11.6. The maximum absolute atomic E-state index is 13.3. The quantitative estimate of drug-likeness (QED) is 0.557. The fourth-order valence-corrected chi connectivity index (χ4v) is 4.38. The third-order valence-electron chi connectivity index (χ3n) is 6.87. The molecule has 1 N–H and O–H groups in total. The molecule has 0 spiro atoms. The van der Waals surface area contributed by atoms with Crippen LogP contribution in [0.25, 0.3) is 11.1 Å². The Balaban J connectivity index is 1.36. The van der Waals surface area contributed by atoms with Gasteiger partial charge in [-0.25, -0.2) is 0 Å². The first kappa shape index (κ1) is 22.0. The SMILES string of the molecule is CCN(C)C(=O)c1ccc(-c2cc(NC(=O)C3(c4ccc5c(c4)OCO5)CC3)ccc2C)cc1. The molecule has 0 saturated heterocycles. The maximum Gasteiger partial charge on any atom is 0.253 e. The van der Waals surface area contributed by atoms with Crippen molar-refractivity contribution < 1.29 is 19.1 Å². The highest BCUT2D eigenvalue weighted by Gasteiger charge is 2.51. The van der Waals surface area contributed by atoms with E-state index in [1.807, 2.05) is 74.5 Å². The minimum absolute atomic E-state index is 0.00466. The van der Waals surface area contributed by atoms with Crippen molar-refractivity contribution in [1.29, 1.82) is 0 Å². The van der Waals surface area contributed by atoms with Gasteiger partial charge in [-0.3, -0.25) is 9.59 Å². The van der Waals surface area contributed by atoms with E-state index < -0.39 is 5.41 Å². The third-order valence-corrected chi connectivity index (χ3v) is 6.87. The molecule has 1 saturated carbocycles. The number of benzene rings is 3. The van der Waals surface area contributed by atoms with Crippen LogP contribution in [-0.4, -0.2) is 37.1 Å². The topological polar surface area (TPSA) is 67.9 Å². The lowest BCUT2D eigenvalue weighted by molar-refractivity contribution is -0.118. The first-order chi connectivity index (χ1) is 16.4. The van der Waals surface area contributed by atoms with Gasteiger partial charge in [-0.05, 0) is 85.3 Å². The van der Waals surface area contributed by atoms with E-state index >= 15 is 0 Å². The Kier molecular flexibility index (Phi) is 5.52. The lowest BCUT2D eigenvalue weighted by atomic mass is 9.94. The van der Waals surface area contributed by atoms with Gasteiger partial charge < -0.3 is 19.7 Å². The molecule has 3 aromatic carbocycles. The van der Waals surface area contributed by atoms with E-state index in [-0.39, 0.29) is 18.6 Å². The summed E-state index contributed by atoms with van der Waals surface area (Å²) in [6.07, 6.45) is 1.61. The van der Waals surface area contributed by atoms with Crippen LogP contribution in [0, 0.1) is 6.92 Å². The standard InChI is InChI=1S/C28H28N2O4/c1-4-30(3)26(31)20-8-6-19(7-9-20)23-16-22(11-5-18(23)2)29-27(32)28(13-14-28)21-10-12-24-25(15-21)34-17-33-24/h5-12,15-16H,4,13-14,17H2,1-3H3,(H,29,32). The molecule has 6 nitrogen and oxygen atoms in total. The summed E-state index contributed by atoms with van der Waals surface area (Å²) in [5.41, 5.74) is 4.96. The summed E-state index contributed by atoms with van der Waals surface area (Å²) in [5, 5.41) is 3.13. The highest BCUT2D eigenvalue weighted by Crippen LogP contribution is 2.51. The second kappa shape index (κ2) is 8.52. The van der Waals surface area contributed by atoms with Crippen LogP contribution in [0.5, 0.6) is 11.5 Å². The molecule has 3 aromatic rings. The largest absolute Gasteiger partial charge is 0.454 e. The summed E-state index contributed by atoms with van der Waals surface area (Å²) < 4.78 is 10.9. The van der Waals surface area contributed by atoms with E-state index in [4.69, 9.17) is 9.47 Å². The number of rotatable bonds is 6. The Morgan fingerprint density at radius 1 is 0.971 bits per heavy atom.